The molecule has 0 heterocycles. The molecule has 100 valence electrons. The molecule has 1 rings (SSSR count). The molecule has 0 amide bonds. The van der Waals surface area contributed by atoms with Gasteiger partial charge in [-0.05, 0) is 32.4 Å². The Balaban J connectivity index is 2.17. The molecule has 1 N–H and O–H groups in total. The van der Waals surface area contributed by atoms with Crippen LogP contribution in [0.2, 0.25) is 0 Å². The fourth-order valence-corrected chi connectivity index (χ4v) is 1.51. The molecule has 0 aromatic heterocycles. The SMILES string of the molecule is CC(C)OCCNCCc1ccc([N+](=O)[O-])cc1. The van der Waals surface area contributed by atoms with Crippen molar-refractivity contribution in [3.63, 3.8) is 0 Å². The fraction of sp³-hybridized carbons (Fsp3) is 0.538. The zero-order valence-electron chi connectivity index (χ0n) is 10.9. The van der Waals surface area contributed by atoms with Crippen LogP contribution >= 0.6 is 0 Å². The topological polar surface area (TPSA) is 64.4 Å². The average molecular weight is 252 g/mol. The van der Waals surface area contributed by atoms with Gasteiger partial charge < -0.3 is 10.1 Å². The van der Waals surface area contributed by atoms with Gasteiger partial charge in [0.15, 0.2) is 0 Å². The van der Waals surface area contributed by atoms with Gasteiger partial charge in [-0.25, -0.2) is 0 Å². The molecule has 0 aliphatic heterocycles. The van der Waals surface area contributed by atoms with E-state index in [2.05, 4.69) is 5.32 Å². The lowest BCUT2D eigenvalue weighted by molar-refractivity contribution is -0.384. The zero-order chi connectivity index (χ0) is 13.4. The first-order valence-corrected chi connectivity index (χ1v) is 6.15. The molecule has 0 fully saturated rings. The third-order valence-electron chi connectivity index (χ3n) is 2.47. The summed E-state index contributed by atoms with van der Waals surface area (Å²) in [5, 5.41) is 13.7. The number of ether oxygens (including phenoxy) is 1. The van der Waals surface area contributed by atoms with Gasteiger partial charge in [-0.15, -0.1) is 0 Å². The summed E-state index contributed by atoms with van der Waals surface area (Å²) in [6.45, 7) is 6.40. The molecular formula is C13H20N2O3. The first kappa shape index (κ1) is 14.6. The van der Waals surface area contributed by atoms with Crippen LogP contribution in [-0.4, -0.2) is 30.7 Å². The van der Waals surface area contributed by atoms with Crippen LogP contribution in [0, 0.1) is 10.1 Å². The van der Waals surface area contributed by atoms with Crippen LogP contribution in [0.4, 0.5) is 5.69 Å². The Hall–Kier alpha value is -1.46. The monoisotopic (exact) mass is 252 g/mol. The molecule has 1 aromatic carbocycles. The molecule has 0 atom stereocenters. The lowest BCUT2D eigenvalue weighted by Gasteiger charge is -2.08. The van der Waals surface area contributed by atoms with Crippen LogP contribution in [0.25, 0.3) is 0 Å². The number of nitro groups is 1. The standard InChI is InChI=1S/C13H20N2O3/c1-11(2)18-10-9-14-8-7-12-3-5-13(6-4-12)15(16)17/h3-6,11,14H,7-10H2,1-2H3. The van der Waals surface area contributed by atoms with Crippen molar-refractivity contribution in [1.82, 2.24) is 5.32 Å². The highest BCUT2D eigenvalue weighted by Gasteiger charge is 2.03. The lowest BCUT2D eigenvalue weighted by atomic mass is 10.1. The second kappa shape index (κ2) is 7.79. The van der Waals surface area contributed by atoms with Gasteiger partial charge in [0.05, 0.1) is 17.6 Å². The maximum atomic E-state index is 10.5. The van der Waals surface area contributed by atoms with Gasteiger partial charge in [-0.2, -0.15) is 0 Å². The van der Waals surface area contributed by atoms with E-state index in [9.17, 15) is 10.1 Å². The van der Waals surface area contributed by atoms with Crippen molar-refractivity contribution in [1.29, 1.82) is 0 Å². The van der Waals surface area contributed by atoms with Gasteiger partial charge in [-0.1, -0.05) is 12.1 Å². The summed E-state index contributed by atoms with van der Waals surface area (Å²) in [6.07, 6.45) is 1.13. The summed E-state index contributed by atoms with van der Waals surface area (Å²) in [5.41, 5.74) is 1.23. The minimum absolute atomic E-state index is 0.136. The summed E-state index contributed by atoms with van der Waals surface area (Å²) in [5.74, 6) is 0. The second-order valence-corrected chi connectivity index (χ2v) is 4.34. The van der Waals surface area contributed by atoms with E-state index in [1.807, 2.05) is 13.8 Å². The molecule has 0 spiro atoms. The number of rotatable bonds is 8. The molecule has 0 saturated heterocycles. The van der Waals surface area contributed by atoms with Crippen LogP contribution in [0.15, 0.2) is 24.3 Å². The molecule has 0 aliphatic carbocycles. The molecule has 0 unspecified atom stereocenters. The number of benzene rings is 1. The van der Waals surface area contributed by atoms with Gasteiger partial charge >= 0.3 is 0 Å². The number of non-ortho nitro benzene ring substituents is 1. The van der Waals surface area contributed by atoms with Crippen molar-refractivity contribution < 1.29 is 9.66 Å². The highest BCUT2D eigenvalue weighted by molar-refractivity contribution is 5.32. The van der Waals surface area contributed by atoms with Crippen molar-refractivity contribution in [3.8, 4) is 0 Å². The average Bonchev–Trinajstić information content (AvgIpc) is 2.34. The first-order valence-electron chi connectivity index (χ1n) is 6.15. The van der Waals surface area contributed by atoms with Gasteiger partial charge in [0.2, 0.25) is 0 Å². The molecular weight excluding hydrogens is 232 g/mol. The van der Waals surface area contributed by atoms with Crippen LogP contribution in [0.5, 0.6) is 0 Å². The van der Waals surface area contributed by atoms with E-state index < -0.39 is 0 Å². The van der Waals surface area contributed by atoms with E-state index in [1.54, 1.807) is 12.1 Å². The fourth-order valence-electron chi connectivity index (χ4n) is 1.51. The predicted octanol–water partition coefficient (Wildman–Crippen LogP) is 2.15. The Morgan fingerprint density at radius 2 is 1.94 bits per heavy atom. The predicted molar refractivity (Wildman–Crippen MR) is 70.8 cm³/mol. The van der Waals surface area contributed by atoms with Crippen LogP contribution < -0.4 is 5.32 Å². The van der Waals surface area contributed by atoms with Crippen molar-refractivity contribution >= 4 is 5.69 Å². The number of hydrogen-bond acceptors (Lipinski definition) is 4. The molecule has 0 bridgehead atoms. The highest BCUT2D eigenvalue weighted by atomic mass is 16.6. The van der Waals surface area contributed by atoms with Crippen LogP contribution in [-0.2, 0) is 11.2 Å². The Labute approximate surface area is 107 Å². The van der Waals surface area contributed by atoms with Gasteiger partial charge in [-0.3, -0.25) is 10.1 Å². The van der Waals surface area contributed by atoms with E-state index in [4.69, 9.17) is 4.74 Å². The second-order valence-electron chi connectivity index (χ2n) is 4.34. The maximum Gasteiger partial charge on any atom is 0.269 e. The van der Waals surface area contributed by atoms with Crippen molar-refractivity contribution in [2.45, 2.75) is 26.4 Å². The Kier molecular flexibility index (Phi) is 6.32. The quantitative estimate of drug-likeness (QED) is 0.437. The maximum absolute atomic E-state index is 10.5. The number of nitrogens with one attached hydrogen (secondary N) is 1. The Bertz CT molecular complexity index is 363. The largest absolute Gasteiger partial charge is 0.377 e. The van der Waals surface area contributed by atoms with Gasteiger partial charge in [0, 0.05) is 18.7 Å². The third kappa shape index (κ3) is 5.75. The van der Waals surface area contributed by atoms with Gasteiger partial charge in [0.25, 0.3) is 5.69 Å². The van der Waals surface area contributed by atoms with Crippen LogP contribution in [0.3, 0.4) is 0 Å². The zero-order valence-corrected chi connectivity index (χ0v) is 10.9. The van der Waals surface area contributed by atoms with Crippen LogP contribution in [0.1, 0.15) is 19.4 Å². The lowest BCUT2D eigenvalue weighted by Crippen LogP contribution is -2.23. The summed E-state index contributed by atoms with van der Waals surface area (Å²) in [7, 11) is 0. The van der Waals surface area contributed by atoms with Crippen molar-refractivity contribution in [3.05, 3.63) is 39.9 Å². The van der Waals surface area contributed by atoms with Crippen molar-refractivity contribution in [2.75, 3.05) is 19.7 Å². The number of hydrogen-bond donors (Lipinski definition) is 1. The number of nitro benzene ring substituents is 1. The Morgan fingerprint density at radius 3 is 2.50 bits per heavy atom. The van der Waals surface area contributed by atoms with E-state index in [0.717, 1.165) is 25.1 Å². The summed E-state index contributed by atoms with van der Waals surface area (Å²) >= 11 is 0. The third-order valence-corrected chi connectivity index (χ3v) is 2.47. The smallest absolute Gasteiger partial charge is 0.269 e. The van der Waals surface area contributed by atoms with Crippen molar-refractivity contribution in [2.24, 2.45) is 0 Å². The molecule has 5 heteroatoms. The first-order chi connectivity index (χ1) is 8.59. The summed E-state index contributed by atoms with van der Waals surface area (Å²) < 4.78 is 5.40. The van der Waals surface area contributed by atoms with E-state index in [1.165, 1.54) is 12.1 Å². The normalized spacial score (nSPS) is 10.8. The molecule has 1 aromatic rings. The minimum atomic E-state index is -0.384. The summed E-state index contributed by atoms with van der Waals surface area (Å²) in [4.78, 5) is 10.1. The molecule has 5 nitrogen and oxygen atoms in total. The van der Waals surface area contributed by atoms with E-state index >= 15 is 0 Å². The molecule has 0 radical (unpaired) electrons. The molecule has 0 aliphatic rings. The van der Waals surface area contributed by atoms with E-state index in [0.29, 0.717) is 6.61 Å². The molecule has 0 saturated carbocycles. The van der Waals surface area contributed by atoms with Gasteiger partial charge in [0.1, 0.15) is 0 Å². The van der Waals surface area contributed by atoms with E-state index in [-0.39, 0.29) is 16.7 Å². The number of nitrogens with zero attached hydrogens (tertiary/aromatic N) is 1. The summed E-state index contributed by atoms with van der Waals surface area (Å²) in [6, 6.07) is 6.67. The minimum Gasteiger partial charge on any atom is -0.377 e. The highest BCUT2D eigenvalue weighted by Crippen LogP contribution is 2.11. The molecule has 18 heavy (non-hydrogen) atoms. The Morgan fingerprint density at radius 1 is 1.28 bits per heavy atom.